The molecular formula is C14H13FN2O2S. The van der Waals surface area contributed by atoms with Crippen molar-refractivity contribution in [1.29, 1.82) is 0 Å². The highest BCUT2D eigenvalue weighted by atomic mass is 32.2. The molecule has 0 spiro atoms. The number of halogens is 1. The number of nitrogens with zero attached hydrogens (tertiary/aromatic N) is 1. The van der Waals surface area contributed by atoms with Crippen LogP contribution in [0.25, 0.3) is 0 Å². The molecule has 2 N–H and O–H groups in total. The third-order valence-corrected chi connectivity index (χ3v) is 3.90. The summed E-state index contributed by atoms with van der Waals surface area (Å²) in [6, 6.07) is 10.5. The van der Waals surface area contributed by atoms with Gasteiger partial charge < -0.3 is 5.73 Å². The van der Waals surface area contributed by atoms with Gasteiger partial charge >= 0.3 is 0 Å². The summed E-state index contributed by atoms with van der Waals surface area (Å²) >= 11 is 1.21. The summed E-state index contributed by atoms with van der Waals surface area (Å²) in [6.45, 7) is 1.79. The Morgan fingerprint density at radius 3 is 2.45 bits per heavy atom. The SMILES string of the molecule is CC(N)c1cccc(F)c1Sc1ccc([N+](=O)[O-])cc1. The largest absolute Gasteiger partial charge is 0.324 e. The smallest absolute Gasteiger partial charge is 0.269 e. The van der Waals surface area contributed by atoms with Crippen LogP contribution >= 0.6 is 11.8 Å². The number of nitrogens with two attached hydrogens (primary N) is 1. The van der Waals surface area contributed by atoms with E-state index in [4.69, 9.17) is 5.73 Å². The predicted octanol–water partition coefficient (Wildman–Crippen LogP) is 3.90. The molecule has 0 saturated carbocycles. The number of hydrogen-bond acceptors (Lipinski definition) is 4. The fraction of sp³-hybridized carbons (Fsp3) is 0.143. The van der Waals surface area contributed by atoms with E-state index in [0.29, 0.717) is 10.5 Å². The third kappa shape index (κ3) is 3.15. The Morgan fingerprint density at radius 1 is 1.25 bits per heavy atom. The first-order valence-corrected chi connectivity index (χ1v) is 6.77. The Hall–Kier alpha value is -1.92. The van der Waals surface area contributed by atoms with Crippen LogP contribution in [-0.2, 0) is 0 Å². The van der Waals surface area contributed by atoms with Gasteiger partial charge in [-0.15, -0.1) is 0 Å². The number of benzene rings is 2. The highest BCUT2D eigenvalue weighted by molar-refractivity contribution is 7.99. The molecule has 0 aliphatic rings. The van der Waals surface area contributed by atoms with E-state index in [1.54, 1.807) is 31.2 Å². The maximum absolute atomic E-state index is 13.9. The van der Waals surface area contributed by atoms with Crippen LogP contribution in [0.1, 0.15) is 18.5 Å². The lowest BCUT2D eigenvalue weighted by molar-refractivity contribution is -0.384. The van der Waals surface area contributed by atoms with E-state index in [-0.39, 0.29) is 17.5 Å². The van der Waals surface area contributed by atoms with Crippen LogP contribution in [0.15, 0.2) is 52.3 Å². The fourth-order valence-corrected chi connectivity index (χ4v) is 2.79. The Bertz CT molecular complexity index is 630. The molecule has 0 aliphatic heterocycles. The van der Waals surface area contributed by atoms with Gasteiger partial charge in [0.2, 0.25) is 0 Å². The first kappa shape index (κ1) is 14.5. The van der Waals surface area contributed by atoms with Gasteiger partial charge in [-0.25, -0.2) is 4.39 Å². The summed E-state index contributed by atoms with van der Waals surface area (Å²) in [5, 5.41) is 10.6. The van der Waals surface area contributed by atoms with Gasteiger partial charge in [0.25, 0.3) is 5.69 Å². The van der Waals surface area contributed by atoms with Crippen molar-refractivity contribution < 1.29 is 9.31 Å². The molecule has 0 fully saturated rings. The number of rotatable bonds is 4. The molecule has 1 unspecified atom stereocenters. The number of hydrogen-bond donors (Lipinski definition) is 1. The standard InChI is InChI=1S/C14H13FN2O2S/c1-9(16)12-3-2-4-13(15)14(12)20-11-7-5-10(6-8-11)17(18)19/h2-9H,16H2,1H3. The van der Waals surface area contributed by atoms with Crippen LogP contribution in [0, 0.1) is 15.9 Å². The highest BCUT2D eigenvalue weighted by Crippen LogP contribution is 2.35. The molecule has 0 heterocycles. The molecule has 0 aliphatic carbocycles. The second kappa shape index (κ2) is 6.02. The minimum Gasteiger partial charge on any atom is -0.324 e. The number of nitro groups is 1. The summed E-state index contributed by atoms with van der Waals surface area (Å²) in [6.07, 6.45) is 0. The molecule has 6 heteroatoms. The summed E-state index contributed by atoms with van der Waals surface area (Å²) in [5.41, 5.74) is 6.56. The maximum Gasteiger partial charge on any atom is 0.269 e. The highest BCUT2D eigenvalue weighted by Gasteiger charge is 2.13. The van der Waals surface area contributed by atoms with E-state index in [1.165, 1.54) is 30.0 Å². The summed E-state index contributed by atoms with van der Waals surface area (Å²) in [4.78, 5) is 11.3. The monoisotopic (exact) mass is 292 g/mol. The third-order valence-electron chi connectivity index (χ3n) is 2.76. The molecule has 4 nitrogen and oxygen atoms in total. The van der Waals surface area contributed by atoms with Gasteiger partial charge in [0.1, 0.15) is 5.82 Å². The number of non-ortho nitro benzene ring substituents is 1. The van der Waals surface area contributed by atoms with E-state index in [1.807, 2.05) is 0 Å². The van der Waals surface area contributed by atoms with Crippen molar-refractivity contribution in [2.24, 2.45) is 5.73 Å². The summed E-state index contributed by atoms with van der Waals surface area (Å²) < 4.78 is 13.9. The Morgan fingerprint density at radius 2 is 1.90 bits per heavy atom. The second-order valence-electron chi connectivity index (χ2n) is 4.30. The van der Waals surface area contributed by atoms with Crippen molar-refractivity contribution in [1.82, 2.24) is 0 Å². The zero-order valence-electron chi connectivity index (χ0n) is 10.7. The quantitative estimate of drug-likeness (QED) is 0.685. The van der Waals surface area contributed by atoms with E-state index in [2.05, 4.69) is 0 Å². The normalized spacial score (nSPS) is 12.2. The summed E-state index contributed by atoms with van der Waals surface area (Å²) in [7, 11) is 0. The average Bonchev–Trinajstić information content (AvgIpc) is 2.41. The van der Waals surface area contributed by atoms with Crippen molar-refractivity contribution in [3.63, 3.8) is 0 Å². The van der Waals surface area contributed by atoms with Crippen molar-refractivity contribution in [3.8, 4) is 0 Å². The lowest BCUT2D eigenvalue weighted by atomic mass is 10.1. The maximum atomic E-state index is 13.9. The molecule has 104 valence electrons. The van der Waals surface area contributed by atoms with Crippen molar-refractivity contribution in [2.45, 2.75) is 22.8 Å². The predicted molar refractivity (Wildman–Crippen MR) is 76.2 cm³/mol. The minimum absolute atomic E-state index is 0.00954. The first-order chi connectivity index (χ1) is 9.49. The molecule has 0 radical (unpaired) electrons. The van der Waals surface area contributed by atoms with Crippen LogP contribution in [0.5, 0.6) is 0 Å². The molecule has 20 heavy (non-hydrogen) atoms. The zero-order valence-corrected chi connectivity index (χ0v) is 11.6. The molecule has 0 saturated heterocycles. The van der Waals surface area contributed by atoms with E-state index in [0.717, 1.165) is 4.90 Å². The first-order valence-electron chi connectivity index (χ1n) is 5.95. The molecule has 0 aromatic heterocycles. The molecule has 0 amide bonds. The second-order valence-corrected chi connectivity index (χ2v) is 5.38. The van der Waals surface area contributed by atoms with Crippen LogP contribution in [0.3, 0.4) is 0 Å². The molecule has 0 bridgehead atoms. The Balaban J connectivity index is 2.32. The van der Waals surface area contributed by atoms with E-state index in [9.17, 15) is 14.5 Å². The van der Waals surface area contributed by atoms with Gasteiger partial charge in [-0.3, -0.25) is 10.1 Å². The number of nitro benzene ring substituents is 1. The van der Waals surface area contributed by atoms with Crippen molar-refractivity contribution in [3.05, 3.63) is 64.0 Å². The van der Waals surface area contributed by atoms with Crippen molar-refractivity contribution in [2.75, 3.05) is 0 Å². The minimum atomic E-state index is -0.467. The van der Waals surface area contributed by atoms with E-state index < -0.39 is 4.92 Å². The summed E-state index contributed by atoms with van der Waals surface area (Å²) in [5.74, 6) is -0.344. The van der Waals surface area contributed by atoms with Gasteiger partial charge in [-0.05, 0) is 30.7 Å². The van der Waals surface area contributed by atoms with Crippen LogP contribution in [0.2, 0.25) is 0 Å². The van der Waals surface area contributed by atoms with Crippen molar-refractivity contribution >= 4 is 17.4 Å². The molecule has 2 rings (SSSR count). The van der Waals surface area contributed by atoms with Crippen LogP contribution in [-0.4, -0.2) is 4.92 Å². The van der Waals surface area contributed by atoms with Gasteiger partial charge in [0.15, 0.2) is 0 Å². The van der Waals surface area contributed by atoms with Gasteiger partial charge in [0, 0.05) is 23.1 Å². The molecule has 1 atom stereocenters. The topological polar surface area (TPSA) is 69.2 Å². The lowest BCUT2D eigenvalue weighted by Crippen LogP contribution is -2.07. The zero-order chi connectivity index (χ0) is 14.7. The van der Waals surface area contributed by atoms with Gasteiger partial charge in [-0.2, -0.15) is 0 Å². The molecular weight excluding hydrogens is 279 g/mol. The Labute approximate surface area is 119 Å². The van der Waals surface area contributed by atoms with Gasteiger partial charge in [-0.1, -0.05) is 23.9 Å². The Kier molecular flexibility index (Phi) is 4.36. The fourth-order valence-electron chi connectivity index (χ4n) is 1.75. The lowest BCUT2D eigenvalue weighted by Gasteiger charge is -2.13. The van der Waals surface area contributed by atoms with Crippen LogP contribution < -0.4 is 5.73 Å². The van der Waals surface area contributed by atoms with E-state index >= 15 is 0 Å². The molecule has 2 aromatic carbocycles. The molecule has 2 aromatic rings. The van der Waals surface area contributed by atoms with Crippen LogP contribution in [0.4, 0.5) is 10.1 Å². The average molecular weight is 292 g/mol. The van der Waals surface area contributed by atoms with Gasteiger partial charge in [0.05, 0.1) is 9.82 Å².